The number of aromatic nitrogens is 2. The zero-order valence-corrected chi connectivity index (χ0v) is 23.4. The fourth-order valence-electron chi connectivity index (χ4n) is 5.44. The van der Waals surface area contributed by atoms with E-state index in [0.29, 0.717) is 49.1 Å². The van der Waals surface area contributed by atoms with Gasteiger partial charge in [0.1, 0.15) is 25.1 Å². The van der Waals surface area contributed by atoms with Crippen molar-refractivity contribution in [3.63, 3.8) is 0 Å². The number of aryl methyl sites for hydroxylation is 1. The van der Waals surface area contributed by atoms with E-state index in [9.17, 15) is 4.79 Å². The molecule has 3 N–H and O–H groups in total. The van der Waals surface area contributed by atoms with E-state index < -0.39 is 0 Å². The molecule has 0 aromatic carbocycles. The molecule has 0 bridgehead atoms. The Balaban J connectivity index is 1.08. The average Bonchev–Trinajstić information content (AvgIpc) is 3.50. The minimum atomic E-state index is -0.370. The van der Waals surface area contributed by atoms with Gasteiger partial charge < -0.3 is 30.2 Å². The number of cyclic esters (lactones) is 1. The smallest absolute Gasteiger partial charge is 0.415 e. The third kappa shape index (κ3) is 6.28. The largest absolute Gasteiger partial charge is 0.484 e. The van der Waals surface area contributed by atoms with E-state index in [-0.39, 0.29) is 12.2 Å². The number of carbonyl (C=O) groups is 1. The van der Waals surface area contributed by atoms with Gasteiger partial charge in [0.15, 0.2) is 11.6 Å². The monoisotopic (exact) mass is 536 g/mol. The number of hydrogen-bond donors (Lipinski definition) is 3. The summed E-state index contributed by atoms with van der Waals surface area (Å²) in [4.78, 5) is 23.4. The van der Waals surface area contributed by atoms with E-state index in [1.54, 1.807) is 11.0 Å². The fourth-order valence-corrected chi connectivity index (χ4v) is 5.44. The van der Waals surface area contributed by atoms with Crippen LogP contribution in [0.4, 0.5) is 16.4 Å². The molecule has 10 nitrogen and oxygen atoms in total. The lowest BCUT2D eigenvalue weighted by atomic mass is 10.0. The highest BCUT2D eigenvalue weighted by molar-refractivity contribution is 5.89. The first-order valence-corrected chi connectivity index (χ1v) is 13.9. The van der Waals surface area contributed by atoms with Gasteiger partial charge in [0, 0.05) is 29.5 Å². The van der Waals surface area contributed by atoms with Crippen LogP contribution in [0.3, 0.4) is 0 Å². The Kier molecular flexibility index (Phi) is 8.23. The number of fused-ring (bicyclic) bond motifs is 2. The Morgan fingerprint density at radius 2 is 2.03 bits per heavy atom. The molecule has 39 heavy (non-hydrogen) atoms. The molecule has 3 aliphatic rings. The van der Waals surface area contributed by atoms with Crippen molar-refractivity contribution in [3.8, 4) is 11.6 Å². The minimum absolute atomic E-state index is 0.179. The van der Waals surface area contributed by atoms with Crippen molar-refractivity contribution in [1.29, 1.82) is 0 Å². The van der Waals surface area contributed by atoms with E-state index in [2.05, 4.69) is 55.2 Å². The second kappa shape index (κ2) is 11.8. The molecule has 4 heterocycles. The predicted octanol–water partition coefficient (Wildman–Crippen LogP) is 3.51. The summed E-state index contributed by atoms with van der Waals surface area (Å²) in [5.41, 5.74) is 5.73. The van der Waals surface area contributed by atoms with Gasteiger partial charge in [-0.3, -0.25) is 4.90 Å². The first-order valence-electron chi connectivity index (χ1n) is 13.9. The van der Waals surface area contributed by atoms with E-state index in [1.165, 1.54) is 16.7 Å². The third-order valence-electron chi connectivity index (χ3n) is 7.49. The molecule has 210 valence electrons. The van der Waals surface area contributed by atoms with Gasteiger partial charge >= 0.3 is 6.09 Å². The molecule has 1 amide bonds. The Morgan fingerprint density at radius 1 is 1.21 bits per heavy atom. The molecule has 0 spiro atoms. The van der Waals surface area contributed by atoms with Gasteiger partial charge in [0.2, 0.25) is 5.88 Å². The Morgan fingerprint density at radius 3 is 2.85 bits per heavy atom. The van der Waals surface area contributed by atoms with Gasteiger partial charge in [-0.05, 0) is 75.4 Å². The molecule has 1 fully saturated rings. The van der Waals surface area contributed by atoms with Crippen LogP contribution in [-0.2, 0) is 17.6 Å². The first-order chi connectivity index (χ1) is 18.8. The summed E-state index contributed by atoms with van der Waals surface area (Å²) in [7, 11) is 0. The SMILES string of the molecule is C=C1COc2ccc(N3CC(CCNCC4Cc5c(C)nc(OCCNC(C)C)c(C)c5C4)OC3=O)nc2N1. The molecule has 1 aliphatic carbocycles. The Labute approximate surface area is 230 Å². The average molecular weight is 537 g/mol. The summed E-state index contributed by atoms with van der Waals surface area (Å²) >= 11 is 0. The quantitative estimate of drug-likeness (QED) is 0.372. The van der Waals surface area contributed by atoms with Gasteiger partial charge in [-0.25, -0.2) is 14.8 Å². The number of hydrogen-bond acceptors (Lipinski definition) is 9. The van der Waals surface area contributed by atoms with Crippen molar-refractivity contribution < 1.29 is 19.0 Å². The first kappa shape index (κ1) is 27.2. The number of ether oxygens (including phenoxy) is 3. The molecular formula is C29H40N6O4. The number of carbonyl (C=O) groups excluding carboxylic acids is 1. The molecule has 5 rings (SSSR count). The van der Waals surface area contributed by atoms with Gasteiger partial charge in [-0.1, -0.05) is 20.4 Å². The summed E-state index contributed by atoms with van der Waals surface area (Å²) < 4.78 is 17.2. The van der Waals surface area contributed by atoms with E-state index in [0.717, 1.165) is 56.2 Å². The molecule has 0 saturated carbocycles. The summed E-state index contributed by atoms with van der Waals surface area (Å²) in [6, 6.07) is 4.04. The van der Waals surface area contributed by atoms with Crippen LogP contribution in [0.15, 0.2) is 24.4 Å². The lowest BCUT2D eigenvalue weighted by Gasteiger charge is -2.21. The van der Waals surface area contributed by atoms with Crippen LogP contribution < -0.4 is 30.3 Å². The van der Waals surface area contributed by atoms with Crippen molar-refractivity contribution in [1.82, 2.24) is 20.6 Å². The predicted molar refractivity (Wildman–Crippen MR) is 151 cm³/mol. The van der Waals surface area contributed by atoms with E-state index >= 15 is 0 Å². The second-order valence-electron chi connectivity index (χ2n) is 11.0. The zero-order chi connectivity index (χ0) is 27.5. The van der Waals surface area contributed by atoms with E-state index in [4.69, 9.17) is 19.2 Å². The topological polar surface area (TPSA) is 110 Å². The van der Waals surface area contributed by atoms with Crippen LogP contribution in [0.25, 0.3) is 0 Å². The maximum Gasteiger partial charge on any atom is 0.415 e. The van der Waals surface area contributed by atoms with E-state index in [1.807, 2.05) is 6.07 Å². The van der Waals surface area contributed by atoms with Crippen molar-refractivity contribution >= 4 is 17.7 Å². The fraction of sp³-hybridized carbons (Fsp3) is 0.552. The zero-order valence-electron chi connectivity index (χ0n) is 23.4. The van der Waals surface area contributed by atoms with Gasteiger partial charge in [-0.2, -0.15) is 0 Å². The standard InChI is InChI=1S/C29H40N6O4/c1-17(2)31-10-11-37-28-19(4)23-12-21(13-24(23)20(5)33-28)14-30-9-8-22-15-35(29(36)39-22)26-7-6-25-27(34-26)32-18(3)16-38-25/h6-7,17,21-22,30-31H,3,8-16H2,1-2,4-5H3,(H,32,34). The van der Waals surface area contributed by atoms with Crippen LogP contribution in [0.5, 0.6) is 11.6 Å². The molecule has 10 heteroatoms. The highest BCUT2D eigenvalue weighted by Gasteiger charge is 2.34. The van der Waals surface area contributed by atoms with Crippen LogP contribution >= 0.6 is 0 Å². The Hall–Kier alpha value is -3.37. The number of amides is 1. The number of rotatable bonds is 11. The van der Waals surface area contributed by atoms with Crippen molar-refractivity contribution in [2.24, 2.45) is 5.92 Å². The molecule has 0 radical (unpaired) electrons. The van der Waals surface area contributed by atoms with Crippen molar-refractivity contribution in [2.45, 2.75) is 59.1 Å². The second-order valence-corrected chi connectivity index (χ2v) is 11.0. The summed E-state index contributed by atoms with van der Waals surface area (Å²) in [5.74, 6) is 3.05. The van der Waals surface area contributed by atoms with Crippen LogP contribution in [0, 0.1) is 19.8 Å². The molecule has 2 aromatic rings. The highest BCUT2D eigenvalue weighted by atomic mass is 16.6. The van der Waals surface area contributed by atoms with Crippen molar-refractivity contribution in [3.05, 3.63) is 46.8 Å². The van der Waals surface area contributed by atoms with Crippen LogP contribution in [-0.4, -0.2) is 67.6 Å². The van der Waals surface area contributed by atoms with Gasteiger partial charge in [0.05, 0.1) is 6.54 Å². The Bertz CT molecular complexity index is 1230. The summed E-state index contributed by atoms with van der Waals surface area (Å²) in [6.07, 6.45) is 2.25. The number of nitrogens with zero attached hydrogens (tertiary/aromatic N) is 3. The number of nitrogens with one attached hydrogen (secondary N) is 3. The molecule has 2 aliphatic heterocycles. The lowest BCUT2D eigenvalue weighted by Crippen LogP contribution is -2.29. The summed E-state index contributed by atoms with van der Waals surface area (Å²) in [5, 5.41) is 10.1. The minimum Gasteiger partial charge on any atom is -0.484 e. The number of pyridine rings is 2. The van der Waals surface area contributed by atoms with Gasteiger partial charge in [-0.15, -0.1) is 0 Å². The highest BCUT2D eigenvalue weighted by Crippen LogP contribution is 2.35. The molecule has 2 atom stereocenters. The maximum atomic E-state index is 12.5. The molecule has 2 aromatic heterocycles. The normalized spacial score (nSPS) is 20.0. The molecule has 2 unspecified atom stereocenters. The maximum absolute atomic E-state index is 12.5. The van der Waals surface area contributed by atoms with Crippen LogP contribution in [0.2, 0.25) is 0 Å². The third-order valence-corrected chi connectivity index (χ3v) is 7.49. The lowest BCUT2D eigenvalue weighted by molar-refractivity contribution is 0.136. The summed E-state index contributed by atoms with van der Waals surface area (Å²) in [6.45, 7) is 16.3. The van der Waals surface area contributed by atoms with Crippen molar-refractivity contribution in [2.75, 3.05) is 49.6 Å². The van der Waals surface area contributed by atoms with Crippen LogP contribution in [0.1, 0.15) is 42.7 Å². The molecular weight excluding hydrogens is 496 g/mol. The molecule has 1 saturated heterocycles. The van der Waals surface area contributed by atoms with Gasteiger partial charge in [0.25, 0.3) is 0 Å². The number of anilines is 2.